The Morgan fingerprint density at radius 1 is 0.923 bits per heavy atom. The van der Waals surface area contributed by atoms with Crippen LogP contribution in [0.3, 0.4) is 0 Å². The van der Waals surface area contributed by atoms with Crippen molar-refractivity contribution in [2.45, 2.75) is 39.5 Å². The Bertz CT molecular complexity index is 143. The molecule has 0 aromatic rings. The van der Waals surface area contributed by atoms with E-state index in [4.69, 9.17) is 0 Å². The summed E-state index contributed by atoms with van der Waals surface area (Å²) in [6.45, 7) is 6.83. The van der Waals surface area contributed by atoms with E-state index < -0.39 is 0 Å². The molecule has 0 fully saturated rings. The number of nitrogens with zero attached hydrogens (tertiary/aromatic N) is 2. The minimum absolute atomic E-state index is 1.18. The first-order valence-electron chi connectivity index (χ1n) is 5.26. The highest BCUT2D eigenvalue weighted by atomic mass is 32.2. The number of hydrogen-bond acceptors (Lipinski definition) is 3. The summed E-state index contributed by atoms with van der Waals surface area (Å²) in [7, 11) is 0. The maximum absolute atomic E-state index is 2.32. The Labute approximate surface area is 86.2 Å². The van der Waals surface area contributed by atoms with Crippen molar-refractivity contribution in [3.63, 3.8) is 0 Å². The van der Waals surface area contributed by atoms with Gasteiger partial charge in [-0.05, 0) is 12.8 Å². The molecule has 0 N–H and O–H groups in total. The van der Waals surface area contributed by atoms with E-state index in [1.165, 1.54) is 38.8 Å². The molecule has 0 aromatic heterocycles. The second kappa shape index (κ2) is 6.19. The lowest BCUT2D eigenvalue weighted by molar-refractivity contribution is 0.561. The van der Waals surface area contributed by atoms with E-state index in [0.29, 0.717) is 0 Å². The fraction of sp³-hybridized carbons (Fsp3) is 0.800. The maximum Gasteiger partial charge on any atom is 0.0703 e. The van der Waals surface area contributed by atoms with Gasteiger partial charge in [-0.1, -0.05) is 26.7 Å². The summed E-state index contributed by atoms with van der Waals surface area (Å²) in [5.74, 6) is 0. The molecule has 0 aromatic carbocycles. The quantitative estimate of drug-likeness (QED) is 0.608. The van der Waals surface area contributed by atoms with Gasteiger partial charge >= 0.3 is 0 Å². The Hall–Kier alpha value is -0.310. The first kappa shape index (κ1) is 10.8. The molecule has 13 heavy (non-hydrogen) atoms. The zero-order valence-corrected chi connectivity index (χ0v) is 9.52. The molecule has 0 radical (unpaired) electrons. The molecular formula is C10H20N2S. The maximum atomic E-state index is 2.32. The van der Waals surface area contributed by atoms with Crippen LogP contribution in [-0.2, 0) is 0 Å². The van der Waals surface area contributed by atoms with Gasteiger partial charge in [0.1, 0.15) is 0 Å². The molecule has 0 amide bonds. The van der Waals surface area contributed by atoms with Gasteiger partial charge in [0.05, 0.1) is 12.1 Å². The Morgan fingerprint density at radius 2 is 1.38 bits per heavy atom. The van der Waals surface area contributed by atoms with Crippen molar-refractivity contribution in [3.05, 3.63) is 12.4 Å². The molecule has 0 bridgehead atoms. The van der Waals surface area contributed by atoms with Crippen LogP contribution in [0.4, 0.5) is 0 Å². The van der Waals surface area contributed by atoms with Crippen molar-refractivity contribution in [1.82, 2.24) is 8.61 Å². The van der Waals surface area contributed by atoms with E-state index in [1.54, 1.807) is 0 Å². The fourth-order valence-electron chi connectivity index (χ4n) is 1.20. The summed E-state index contributed by atoms with van der Waals surface area (Å²) >= 11 is 1.85. The zero-order chi connectivity index (χ0) is 9.52. The predicted octanol–water partition coefficient (Wildman–Crippen LogP) is 3.24. The fourth-order valence-corrected chi connectivity index (χ4v) is 2.11. The molecule has 0 saturated carbocycles. The van der Waals surface area contributed by atoms with Crippen molar-refractivity contribution in [1.29, 1.82) is 0 Å². The van der Waals surface area contributed by atoms with E-state index in [-0.39, 0.29) is 0 Å². The van der Waals surface area contributed by atoms with E-state index in [9.17, 15) is 0 Å². The van der Waals surface area contributed by atoms with Crippen molar-refractivity contribution in [3.8, 4) is 0 Å². The van der Waals surface area contributed by atoms with Crippen LogP contribution in [0.5, 0.6) is 0 Å². The molecule has 3 heteroatoms. The summed E-state index contributed by atoms with van der Waals surface area (Å²) in [5.41, 5.74) is 0. The normalized spacial score (nSPS) is 15.8. The lowest BCUT2D eigenvalue weighted by Crippen LogP contribution is -2.12. The first-order valence-corrected chi connectivity index (χ1v) is 5.99. The monoisotopic (exact) mass is 200 g/mol. The van der Waals surface area contributed by atoms with Gasteiger partial charge in [-0.2, -0.15) is 0 Å². The van der Waals surface area contributed by atoms with Gasteiger partial charge in [0.15, 0.2) is 0 Å². The largest absolute Gasteiger partial charge is 0.304 e. The number of hydrogen-bond donors (Lipinski definition) is 0. The molecular weight excluding hydrogens is 180 g/mol. The highest BCUT2D eigenvalue weighted by molar-refractivity contribution is 7.95. The van der Waals surface area contributed by atoms with Gasteiger partial charge in [-0.3, -0.25) is 0 Å². The van der Waals surface area contributed by atoms with Gasteiger partial charge in [-0.25, -0.2) is 0 Å². The average Bonchev–Trinajstić information content (AvgIpc) is 2.59. The Morgan fingerprint density at radius 3 is 1.77 bits per heavy atom. The smallest absolute Gasteiger partial charge is 0.0703 e. The minimum Gasteiger partial charge on any atom is -0.304 e. The van der Waals surface area contributed by atoms with Crippen molar-refractivity contribution >= 4 is 12.1 Å². The van der Waals surface area contributed by atoms with Crippen LogP contribution in [0, 0.1) is 0 Å². The molecule has 2 nitrogen and oxygen atoms in total. The molecule has 0 unspecified atom stereocenters. The molecule has 76 valence electrons. The topological polar surface area (TPSA) is 6.48 Å². The summed E-state index contributed by atoms with van der Waals surface area (Å²) in [6, 6.07) is 0. The standard InChI is InChI=1S/C10H20N2S/c1-3-5-7-11-9-10-12(13-11)8-6-4-2/h9-10H,3-8H2,1-2H3. The lowest BCUT2D eigenvalue weighted by Gasteiger charge is -2.18. The van der Waals surface area contributed by atoms with Gasteiger partial charge < -0.3 is 8.61 Å². The Kier molecular flexibility index (Phi) is 5.13. The Balaban J connectivity index is 2.10. The van der Waals surface area contributed by atoms with Gasteiger partial charge in [-0.15, -0.1) is 0 Å². The molecule has 0 saturated heterocycles. The number of unbranched alkanes of at least 4 members (excludes halogenated alkanes) is 2. The molecule has 0 spiro atoms. The van der Waals surface area contributed by atoms with E-state index in [2.05, 4.69) is 34.9 Å². The van der Waals surface area contributed by atoms with Crippen LogP contribution >= 0.6 is 12.1 Å². The highest BCUT2D eigenvalue weighted by Gasteiger charge is 2.11. The highest BCUT2D eigenvalue weighted by Crippen LogP contribution is 2.24. The van der Waals surface area contributed by atoms with E-state index in [0.717, 1.165) is 0 Å². The van der Waals surface area contributed by atoms with E-state index in [1.807, 2.05) is 12.1 Å². The molecule has 1 aliphatic rings. The molecule has 0 aliphatic carbocycles. The molecule has 1 aliphatic heterocycles. The van der Waals surface area contributed by atoms with E-state index >= 15 is 0 Å². The van der Waals surface area contributed by atoms with Crippen LogP contribution in [-0.4, -0.2) is 21.7 Å². The summed E-state index contributed by atoms with van der Waals surface area (Å²) < 4.78 is 4.64. The van der Waals surface area contributed by atoms with Crippen LogP contribution in [0.25, 0.3) is 0 Å². The van der Waals surface area contributed by atoms with Gasteiger partial charge in [0, 0.05) is 25.5 Å². The third-order valence-electron chi connectivity index (χ3n) is 2.07. The van der Waals surface area contributed by atoms with Crippen LogP contribution in [0.2, 0.25) is 0 Å². The first-order chi connectivity index (χ1) is 6.36. The summed E-state index contributed by atoms with van der Waals surface area (Å²) in [6.07, 6.45) is 9.52. The predicted molar refractivity (Wildman–Crippen MR) is 60.0 cm³/mol. The van der Waals surface area contributed by atoms with Crippen molar-refractivity contribution < 1.29 is 0 Å². The molecule has 1 heterocycles. The second-order valence-electron chi connectivity index (χ2n) is 3.37. The molecule has 1 rings (SSSR count). The zero-order valence-electron chi connectivity index (χ0n) is 8.70. The third-order valence-corrected chi connectivity index (χ3v) is 3.10. The van der Waals surface area contributed by atoms with Gasteiger partial charge in [0.25, 0.3) is 0 Å². The molecule has 0 atom stereocenters. The van der Waals surface area contributed by atoms with Crippen molar-refractivity contribution in [2.75, 3.05) is 13.1 Å². The number of rotatable bonds is 6. The summed E-state index contributed by atoms with van der Waals surface area (Å²) in [5, 5.41) is 0. The van der Waals surface area contributed by atoms with Crippen molar-refractivity contribution in [2.24, 2.45) is 0 Å². The van der Waals surface area contributed by atoms with Gasteiger partial charge in [0.2, 0.25) is 0 Å². The third kappa shape index (κ3) is 3.94. The van der Waals surface area contributed by atoms with Crippen LogP contribution in [0.15, 0.2) is 12.4 Å². The SMILES string of the molecule is CCCCN1C=CN(CCCC)S1. The second-order valence-corrected chi connectivity index (χ2v) is 4.47. The van der Waals surface area contributed by atoms with Crippen LogP contribution in [0.1, 0.15) is 39.5 Å². The minimum atomic E-state index is 1.18. The van der Waals surface area contributed by atoms with Crippen LogP contribution < -0.4 is 0 Å². The summed E-state index contributed by atoms with van der Waals surface area (Å²) in [4.78, 5) is 0. The average molecular weight is 200 g/mol. The lowest BCUT2D eigenvalue weighted by atomic mass is 10.3.